The zero-order valence-electron chi connectivity index (χ0n) is 11.7. The van der Waals surface area contributed by atoms with Crippen LogP contribution in [0.15, 0.2) is 18.2 Å². The van der Waals surface area contributed by atoms with Crippen molar-refractivity contribution in [2.75, 3.05) is 31.3 Å². The summed E-state index contributed by atoms with van der Waals surface area (Å²) in [5.74, 6) is 0.361. The molecule has 1 aromatic carbocycles. The first-order valence-corrected chi connectivity index (χ1v) is 6.81. The minimum atomic E-state index is -0.381. The van der Waals surface area contributed by atoms with E-state index in [1.807, 2.05) is 19.2 Å². The summed E-state index contributed by atoms with van der Waals surface area (Å²) < 4.78 is 4.75. The predicted molar refractivity (Wildman–Crippen MR) is 77.4 cm³/mol. The summed E-state index contributed by atoms with van der Waals surface area (Å²) in [4.78, 5) is 13.8. The van der Waals surface area contributed by atoms with Crippen LogP contribution in [0.25, 0.3) is 0 Å². The van der Waals surface area contributed by atoms with Gasteiger partial charge in [-0.3, -0.25) is 0 Å². The van der Waals surface area contributed by atoms with Crippen molar-refractivity contribution >= 4 is 17.3 Å². The maximum absolute atomic E-state index is 11.6. The third-order valence-electron chi connectivity index (χ3n) is 3.91. The number of nitrogens with zero attached hydrogens (tertiary/aromatic N) is 1. The lowest BCUT2D eigenvalue weighted by atomic mass is 10.1. The number of nitrogen functional groups attached to an aromatic ring is 1. The molecule has 1 fully saturated rings. The van der Waals surface area contributed by atoms with Crippen LogP contribution in [0.4, 0.5) is 11.4 Å². The fourth-order valence-corrected chi connectivity index (χ4v) is 2.85. The summed E-state index contributed by atoms with van der Waals surface area (Å²) in [6.07, 6.45) is 5.24. The molecule has 0 heterocycles. The van der Waals surface area contributed by atoms with Crippen molar-refractivity contribution in [2.45, 2.75) is 25.7 Å². The number of hydrogen-bond acceptors (Lipinski definition) is 4. The van der Waals surface area contributed by atoms with Crippen molar-refractivity contribution in [3.05, 3.63) is 23.8 Å². The van der Waals surface area contributed by atoms with Gasteiger partial charge in [-0.25, -0.2) is 4.79 Å². The molecule has 104 valence electrons. The number of methoxy groups -OCH3 is 1. The van der Waals surface area contributed by atoms with E-state index >= 15 is 0 Å². The Bertz CT molecular complexity index is 453. The SMILES string of the molecule is COC(=O)c1cccc(N(C)CC2CCCC2)c1N. The highest BCUT2D eigenvalue weighted by Crippen LogP contribution is 2.30. The highest BCUT2D eigenvalue weighted by Gasteiger charge is 2.20. The number of rotatable bonds is 4. The highest BCUT2D eigenvalue weighted by atomic mass is 16.5. The minimum absolute atomic E-state index is 0.381. The van der Waals surface area contributed by atoms with Crippen LogP contribution >= 0.6 is 0 Å². The number of hydrogen-bond donors (Lipinski definition) is 1. The van der Waals surface area contributed by atoms with E-state index in [2.05, 4.69) is 4.90 Å². The number of carbonyl (C=O) groups is 1. The second kappa shape index (κ2) is 5.95. The van der Waals surface area contributed by atoms with Gasteiger partial charge in [-0.2, -0.15) is 0 Å². The summed E-state index contributed by atoms with van der Waals surface area (Å²) in [6, 6.07) is 5.51. The van der Waals surface area contributed by atoms with Crippen LogP contribution in [0.2, 0.25) is 0 Å². The molecule has 2 N–H and O–H groups in total. The summed E-state index contributed by atoms with van der Waals surface area (Å²) in [7, 11) is 3.40. The third kappa shape index (κ3) is 3.00. The normalized spacial score (nSPS) is 15.5. The molecule has 4 heteroatoms. The Morgan fingerprint density at radius 1 is 1.42 bits per heavy atom. The first-order valence-electron chi connectivity index (χ1n) is 6.81. The number of para-hydroxylation sites is 1. The molecule has 0 unspecified atom stereocenters. The van der Waals surface area contributed by atoms with E-state index in [1.54, 1.807) is 6.07 Å². The molecule has 0 saturated heterocycles. The van der Waals surface area contributed by atoms with Crippen LogP contribution in [-0.2, 0) is 4.74 Å². The molecule has 0 amide bonds. The number of esters is 1. The second-order valence-electron chi connectivity index (χ2n) is 5.26. The van der Waals surface area contributed by atoms with E-state index < -0.39 is 0 Å². The average molecular weight is 262 g/mol. The quantitative estimate of drug-likeness (QED) is 0.669. The minimum Gasteiger partial charge on any atom is -0.465 e. The molecular weight excluding hydrogens is 240 g/mol. The second-order valence-corrected chi connectivity index (χ2v) is 5.26. The van der Waals surface area contributed by atoms with Gasteiger partial charge < -0.3 is 15.4 Å². The molecular formula is C15H22N2O2. The van der Waals surface area contributed by atoms with E-state index in [1.165, 1.54) is 32.8 Å². The van der Waals surface area contributed by atoms with Gasteiger partial charge >= 0.3 is 5.97 Å². The molecule has 0 bridgehead atoms. The maximum Gasteiger partial charge on any atom is 0.340 e. The molecule has 0 aromatic heterocycles. The van der Waals surface area contributed by atoms with Crippen molar-refractivity contribution < 1.29 is 9.53 Å². The van der Waals surface area contributed by atoms with Gasteiger partial charge in [0, 0.05) is 13.6 Å². The van der Waals surface area contributed by atoms with Gasteiger partial charge in [0.1, 0.15) is 0 Å². The Balaban J connectivity index is 2.16. The summed E-state index contributed by atoms with van der Waals surface area (Å²) >= 11 is 0. The molecule has 0 atom stereocenters. The lowest BCUT2D eigenvalue weighted by Gasteiger charge is -2.25. The van der Waals surface area contributed by atoms with Crippen LogP contribution in [0, 0.1) is 5.92 Å². The lowest BCUT2D eigenvalue weighted by molar-refractivity contribution is 0.0602. The monoisotopic (exact) mass is 262 g/mol. The number of ether oxygens (including phenoxy) is 1. The lowest BCUT2D eigenvalue weighted by Crippen LogP contribution is -2.25. The van der Waals surface area contributed by atoms with Gasteiger partial charge in [0.25, 0.3) is 0 Å². The highest BCUT2D eigenvalue weighted by molar-refractivity contribution is 5.98. The largest absolute Gasteiger partial charge is 0.465 e. The van der Waals surface area contributed by atoms with E-state index in [-0.39, 0.29) is 5.97 Å². The average Bonchev–Trinajstić information content (AvgIpc) is 2.90. The fraction of sp³-hybridized carbons (Fsp3) is 0.533. The molecule has 0 spiro atoms. The van der Waals surface area contributed by atoms with Crippen LogP contribution in [0.5, 0.6) is 0 Å². The Morgan fingerprint density at radius 3 is 2.74 bits per heavy atom. The fourth-order valence-electron chi connectivity index (χ4n) is 2.85. The molecule has 1 aromatic rings. The smallest absolute Gasteiger partial charge is 0.340 e. The molecule has 4 nitrogen and oxygen atoms in total. The number of benzene rings is 1. The number of nitrogens with two attached hydrogens (primary N) is 1. The zero-order valence-corrected chi connectivity index (χ0v) is 11.7. The van der Waals surface area contributed by atoms with Gasteiger partial charge in [0.2, 0.25) is 0 Å². The van der Waals surface area contributed by atoms with Gasteiger partial charge in [-0.1, -0.05) is 18.9 Å². The van der Waals surface area contributed by atoms with Crippen molar-refractivity contribution in [1.29, 1.82) is 0 Å². The van der Waals surface area contributed by atoms with Crippen LogP contribution in [0.3, 0.4) is 0 Å². The Hall–Kier alpha value is -1.71. The zero-order chi connectivity index (χ0) is 13.8. The molecule has 2 rings (SSSR count). The first kappa shape index (κ1) is 13.7. The Morgan fingerprint density at radius 2 is 2.11 bits per heavy atom. The molecule has 1 aliphatic rings. The third-order valence-corrected chi connectivity index (χ3v) is 3.91. The van der Waals surface area contributed by atoms with Crippen LogP contribution in [0.1, 0.15) is 36.0 Å². The standard InChI is InChI=1S/C15H22N2O2/c1-17(10-11-6-3-4-7-11)13-9-5-8-12(14(13)16)15(18)19-2/h5,8-9,11H,3-4,6-7,10,16H2,1-2H3. The predicted octanol–water partition coefficient (Wildman–Crippen LogP) is 2.68. The van der Waals surface area contributed by atoms with E-state index in [4.69, 9.17) is 10.5 Å². The maximum atomic E-state index is 11.6. The van der Waals surface area contributed by atoms with Gasteiger partial charge in [0.05, 0.1) is 24.0 Å². The molecule has 19 heavy (non-hydrogen) atoms. The van der Waals surface area contributed by atoms with Gasteiger partial charge in [0.15, 0.2) is 0 Å². The number of anilines is 2. The molecule has 1 aliphatic carbocycles. The Kier molecular flexibility index (Phi) is 4.30. The van der Waals surface area contributed by atoms with Crippen LogP contribution in [-0.4, -0.2) is 26.7 Å². The molecule has 1 saturated carbocycles. The van der Waals surface area contributed by atoms with Crippen molar-refractivity contribution in [3.8, 4) is 0 Å². The van der Waals surface area contributed by atoms with Crippen molar-refractivity contribution in [2.24, 2.45) is 5.92 Å². The Labute approximate surface area is 114 Å². The van der Waals surface area contributed by atoms with Gasteiger partial charge in [-0.05, 0) is 30.9 Å². The van der Waals surface area contributed by atoms with Crippen molar-refractivity contribution in [3.63, 3.8) is 0 Å². The summed E-state index contributed by atoms with van der Waals surface area (Å²) in [5, 5.41) is 0. The topological polar surface area (TPSA) is 55.6 Å². The van der Waals surface area contributed by atoms with Gasteiger partial charge in [-0.15, -0.1) is 0 Å². The van der Waals surface area contributed by atoms with E-state index in [0.717, 1.165) is 18.2 Å². The number of carbonyl (C=O) groups excluding carboxylic acids is 1. The van der Waals surface area contributed by atoms with E-state index in [0.29, 0.717) is 11.3 Å². The molecule has 0 aliphatic heterocycles. The van der Waals surface area contributed by atoms with E-state index in [9.17, 15) is 4.79 Å². The summed E-state index contributed by atoms with van der Waals surface area (Å²) in [6.45, 7) is 0.995. The molecule has 0 radical (unpaired) electrons. The van der Waals surface area contributed by atoms with Crippen LogP contribution < -0.4 is 10.6 Å². The summed E-state index contributed by atoms with van der Waals surface area (Å²) in [5.41, 5.74) is 7.96. The first-order chi connectivity index (χ1) is 9.13. The van der Waals surface area contributed by atoms with Crippen molar-refractivity contribution in [1.82, 2.24) is 0 Å².